The Morgan fingerprint density at radius 1 is 0.765 bits per heavy atom. The molecule has 86 valence electrons. The van der Waals surface area contributed by atoms with Crippen LogP contribution in [0.4, 0.5) is 5.69 Å². The number of hydrogen-bond donors (Lipinski definition) is 1. The van der Waals surface area contributed by atoms with Crippen LogP contribution in [0.15, 0.2) is 42.5 Å². The second-order valence-electron chi connectivity index (χ2n) is 4.96. The van der Waals surface area contributed by atoms with Gasteiger partial charge >= 0.3 is 0 Å². The van der Waals surface area contributed by atoms with Crippen LogP contribution in [-0.2, 0) is 0 Å². The molecule has 0 bridgehead atoms. The monoisotopic (exact) mass is 223 g/mol. The summed E-state index contributed by atoms with van der Waals surface area (Å²) in [5.41, 5.74) is 12.5. The Morgan fingerprint density at radius 2 is 1.29 bits per heavy atom. The standard InChI is InChI=1S/C16H17N/c1-10-13-5-3-4-6-14(13)11(2)16-9-12(17)7-8-15(10)16/h3-11H,17H2,1-2H3. The Labute approximate surface area is 102 Å². The van der Waals surface area contributed by atoms with Crippen LogP contribution in [0.25, 0.3) is 0 Å². The largest absolute Gasteiger partial charge is 0.399 e. The lowest BCUT2D eigenvalue weighted by molar-refractivity contribution is 0.772. The van der Waals surface area contributed by atoms with E-state index in [4.69, 9.17) is 5.73 Å². The highest BCUT2D eigenvalue weighted by Gasteiger charge is 2.26. The average Bonchev–Trinajstić information content (AvgIpc) is 2.36. The zero-order valence-corrected chi connectivity index (χ0v) is 10.3. The van der Waals surface area contributed by atoms with Gasteiger partial charge in [-0.15, -0.1) is 0 Å². The molecule has 2 unspecified atom stereocenters. The minimum absolute atomic E-state index is 0.445. The van der Waals surface area contributed by atoms with Gasteiger partial charge in [0.15, 0.2) is 0 Å². The first-order valence-electron chi connectivity index (χ1n) is 6.16. The molecule has 0 fully saturated rings. The maximum atomic E-state index is 5.91. The zero-order chi connectivity index (χ0) is 12.0. The summed E-state index contributed by atoms with van der Waals surface area (Å²) in [5.74, 6) is 0.916. The fraction of sp³-hybridized carbons (Fsp3) is 0.250. The molecule has 2 aromatic carbocycles. The Kier molecular flexibility index (Phi) is 2.22. The van der Waals surface area contributed by atoms with Crippen molar-refractivity contribution in [3.8, 4) is 0 Å². The molecule has 0 amide bonds. The highest BCUT2D eigenvalue weighted by Crippen LogP contribution is 2.43. The molecule has 2 atom stereocenters. The molecule has 0 spiro atoms. The normalized spacial score (nSPS) is 21.8. The number of benzene rings is 2. The predicted octanol–water partition coefficient (Wildman–Crippen LogP) is 3.89. The maximum absolute atomic E-state index is 5.91. The summed E-state index contributed by atoms with van der Waals surface area (Å²) < 4.78 is 0. The number of nitrogen functional groups attached to an aromatic ring is 1. The van der Waals surface area contributed by atoms with Crippen molar-refractivity contribution in [3.63, 3.8) is 0 Å². The van der Waals surface area contributed by atoms with E-state index in [-0.39, 0.29) is 0 Å². The van der Waals surface area contributed by atoms with Gasteiger partial charge in [0.05, 0.1) is 0 Å². The number of rotatable bonds is 0. The molecule has 17 heavy (non-hydrogen) atoms. The maximum Gasteiger partial charge on any atom is 0.0317 e. The van der Waals surface area contributed by atoms with E-state index in [1.807, 2.05) is 6.07 Å². The topological polar surface area (TPSA) is 26.0 Å². The highest BCUT2D eigenvalue weighted by atomic mass is 14.5. The van der Waals surface area contributed by atoms with Gasteiger partial charge in [-0.2, -0.15) is 0 Å². The summed E-state index contributed by atoms with van der Waals surface area (Å²) in [6.45, 7) is 4.54. The van der Waals surface area contributed by atoms with Gasteiger partial charge in [-0.25, -0.2) is 0 Å². The molecule has 0 aliphatic heterocycles. The van der Waals surface area contributed by atoms with E-state index in [1.54, 1.807) is 0 Å². The van der Waals surface area contributed by atoms with Crippen LogP contribution in [0.3, 0.4) is 0 Å². The second kappa shape index (κ2) is 3.63. The zero-order valence-electron chi connectivity index (χ0n) is 10.3. The summed E-state index contributed by atoms with van der Waals surface area (Å²) in [4.78, 5) is 0. The van der Waals surface area contributed by atoms with Crippen LogP contribution in [0.1, 0.15) is 47.9 Å². The number of nitrogens with two attached hydrogens (primary N) is 1. The Bertz CT molecular complexity index is 571. The number of fused-ring (bicyclic) bond motifs is 2. The van der Waals surface area contributed by atoms with Crippen molar-refractivity contribution in [3.05, 3.63) is 64.7 Å². The minimum Gasteiger partial charge on any atom is -0.399 e. The van der Waals surface area contributed by atoms with Crippen LogP contribution in [0.5, 0.6) is 0 Å². The fourth-order valence-electron chi connectivity index (χ4n) is 3.00. The Morgan fingerprint density at radius 3 is 1.94 bits per heavy atom. The molecule has 0 aromatic heterocycles. The molecule has 1 aliphatic carbocycles. The van der Waals surface area contributed by atoms with Gasteiger partial charge in [0.25, 0.3) is 0 Å². The Hall–Kier alpha value is -1.76. The molecular formula is C16H17N. The third kappa shape index (κ3) is 1.46. The van der Waals surface area contributed by atoms with Crippen LogP contribution in [0, 0.1) is 0 Å². The average molecular weight is 223 g/mol. The van der Waals surface area contributed by atoms with Crippen LogP contribution >= 0.6 is 0 Å². The van der Waals surface area contributed by atoms with Gasteiger partial charge in [-0.3, -0.25) is 0 Å². The predicted molar refractivity (Wildman–Crippen MR) is 72.3 cm³/mol. The molecule has 1 nitrogen and oxygen atoms in total. The molecule has 1 heteroatoms. The lowest BCUT2D eigenvalue weighted by Crippen LogP contribution is -2.14. The third-order valence-electron chi connectivity index (χ3n) is 3.97. The number of anilines is 1. The van der Waals surface area contributed by atoms with E-state index in [0.717, 1.165) is 5.69 Å². The van der Waals surface area contributed by atoms with Crippen LogP contribution in [0.2, 0.25) is 0 Å². The molecule has 2 N–H and O–H groups in total. The molecule has 0 saturated carbocycles. The summed E-state index contributed by atoms with van der Waals surface area (Å²) in [6.07, 6.45) is 0. The molecular weight excluding hydrogens is 206 g/mol. The first kappa shape index (κ1) is 10.4. The third-order valence-corrected chi connectivity index (χ3v) is 3.97. The van der Waals surface area contributed by atoms with Crippen molar-refractivity contribution in [1.82, 2.24) is 0 Å². The number of hydrogen-bond acceptors (Lipinski definition) is 1. The van der Waals surface area contributed by atoms with Gasteiger partial charge in [0.1, 0.15) is 0 Å². The fourth-order valence-corrected chi connectivity index (χ4v) is 3.00. The van der Waals surface area contributed by atoms with E-state index in [0.29, 0.717) is 11.8 Å². The van der Waals surface area contributed by atoms with Crippen molar-refractivity contribution < 1.29 is 0 Å². The molecule has 0 heterocycles. The second-order valence-corrected chi connectivity index (χ2v) is 4.96. The van der Waals surface area contributed by atoms with Crippen LogP contribution < -0.4 is 5.73 Å². The van der Waals surface area contributed by atoms with Crippen molar-refractivity contribution in [2.75, 3.05) is 5.73 Å². The van der Waals surface area contributed by atoms with Crippen molar-refractivity contribution in [1.29, 1.82) is 0 Å². The van der Waals surface area contributed by atoms with E-state index < -0.39 is 0 Å². The van der Waals surface area contributed by atoms with Crippen molar-refractivity contribution in [2.45, 2.75) is 25.7 Å². The first-order chi connectivity index (χ1) is 8.18. The van der Waals surface area contributed by atoms with Gasteiger partial charge < -0.3 is 5.73 Å². The first-order valence-corrected chi connectivity index (χ1v) is 6.16. The van der Waals surface area contributed by atoms with E-state index in [2.05, 4.69) is 50.2 Å². The SMILES string of the molecule is CC1c2ccccc2C(C)c2cc(N)ccc21. The van der Waals surface area contributed by atoms with E-state index >= 15 is 0 Å². The van der Waals surface area contributed by atoms with Gasteiger partial charge in [0, 0.05) is 17.5 Å². The van der Waals surface area contributed by atoms with Crippen molar-refractivity contribution >= 4 is 5.69 Å². The molecule has 0 radical (unpaired) electrons. The Balaban J connectivity index is 2.25. The lowest BCUT2D eigenvalue weighted by Gasteiger charge is -2.30. The minimum atomic E-state index is 0.445. The van der Waals surface area contributed by atoms with Crippen LogP contribution in [-0.4, -0.2) is 0 Å². The highest BCUT2D eigenvalue weighted by molar-refractivity contribution is 5.56. The summed E-state index contributed by atoms with van der Waals surface area (Å²) in [6, 6.07) is 15.1. The summed E-state index contributed by atoms with van der Waals surface area (Å²) >= 11 is 0. The lowest BCUT2D eigenvalue weighted by atomic mass is 9.74. The molecule has 1 aliphatic rings. The molecule has 2 aromatic rings. The van der Waals surface area contributed by atoms with E-state index in [1.165, 1.54) is 22.3 Å². The summed E-state index contributed by atoms with van der Waals surface area (Å²) in [5, 5.41) is 0. The van der Waals surface area contributed by atoms with Crippen molar-refractivity contribution in [2.24, 2.45) is 0 Å². The summed E-state index contributed by atoms with van der Waals surface area (Å²) in [7, 11) is 0. The van der Waals surface area contributed by atoms with E-state index in [9.17, 15) is 0 Å². The smallest absolute Gasteiger partial charge is 0.0317 e. The van der Waals surface area contributed by atoms with Gasteiger partial charge in [-0.05, 0) is 34.4 Å². The molecule has 3 rings (SSSR count). The quantitative estimate of drug-likeness (QED) is 0.674. The molecule has 0 saturated heterocycles. The van der Waals surface area contributed by atoms with Gasteiger partial charge in [0.2, 0.25) is 0 Å². The van der Waals surface area contributed by atoms with Gasteiger partial charge in [-0.1, -0.05) is 44.2 Å².